The van der Waals surface area contributed by atoms with Crippen molar-refractivity contribution in [1.82, 2.24) is 4.98 Å². The van der Waals surface area contributed by atoms with Crippen molar-refractivity contribution in [2.24, 2.45) is 0 Å². The maximum atomic E-state index is 3.57. The summed E-state index contributed by atoms with van der Waals surface area (Å²) in [5.74, 6) is 0.478. The smallest absolute Gasteiger partial charge is 0.0465 e. The minimum absolute atomic E-state index is 0.478. The number of allylic oxidation sites excluding steroid dienone is 4. The lowest BCUT2D eigenvalue weighted by Gasteiger charge is -2.13. The molecule has 1 aromatic heterocycles. The third-order valence-corrected chi connectivity index (χ3v) is 5.70. The van der Waals surface area contributed by atoms with Gasteiger partial charge in [0.05, 0.1) is 0 Å². The summed E-state index contributed by atoms with van der Waals surface area (Å²) < 4.78 is 0. The predicted octanol–water partition coefficient (Wildman–Crippen LogP) is 6.34. The van der Waals surface area contributed by atoms with Crippen molar-refractivity contribution in [3.05, 3.63) is 90.2 Å². The summed E-state index contributed by atoms with van der Waals surface area (Å²) in [7, 11) is 0. The number of benzene rings is 3. The molecule has 1 unspecified atom stereocenters. The van der Waals surface area contributed by atoms with Gasteiger partial charge in [-0.15, -0.1) is 0 Å². The first-order valence-corrected chi connectivity index (χ1v) is 9.15. The Morgan fingerprint density at radius 3 is 2.65 bits per heavy atom. The zero-order valence-electron chi connectivity index (χ0n) is 14.3. The monoisotopic (exact) mass is 334 g/mol. The van der Waals surface area contributed by atoms with E-state index in [0.717, 1.165) is 6.42 Å². The van der Waals surface area contributed by atoms with E-state index >= 15 is 0 Å². The van der Waals surface area contributed by atoms with Crippen molar-refractivity contribution in [2.45, 2.75) is 12.3 Å². The van der Waals surface area contributed by atoms with Crippen LogP contribution < -0.4 is 5.32 Å². The first kappa shape index (κ1) is 14.0. The van der Waals surface area contributed by atoms with E-state index in [1.165, 1.54) is 49.9 Å². The molecule has 2 N–H and O–H groups in total. The lowest BCUT2D eigenvalue weighted by atomic mass is 9.90. The van der Waals surface area contributed by atoms with Gasteiger partial charge in [0.2, 0.25) is 0 Å². The van der Waals surface area contributed by atoms with Crippen molar-refractivity contribution in [1.29, 1.82) is 0 Å². The summed E-state index contributed by atoms with van der Waals surface area (Å²) in [6, 6.07) is 22.1. The highest BCUT2D eigenvalue weighted by Gasteiger charge is 2.27. The number of rotatable bonds is 1. The third kappa shape index (κ3) is 1.93. The van der Waals surface area contributed by atoms with Crippen LogP contribution in [0.25, 0.3) is 32.9 Å². The Kier molecular flexibility index (Phi) is 2.75. The van der Waals surface area contributed by atoms with Crippen LogP contribution in [0.15, 0.2) is 84.6 Å². The third-order valence-electron chi connectivity index (χ3n) is 5.70. The highest BCUT2D eigenvalue weighted by molar-refractivity contribution is 6.08. The first-order valence-electron chi connectivity index (χ1n) is 9.15. The molecule has 2 heteroatoms. The minimum atomic E-state index is 0.478. The zero-order valence-corrected chi connectivity index (χ0v) is 14.3. The van der Waals surface area contributed by atoms with Crippen molar-refractivity contribution < 1.29 is 0 Å². The van der Waals surface area contributed by atoms with Crippen LogP contribution in [0.4, 0.5) is 5.69 Å². The Balaban J connectivity index is 1.51. The fourth-order valence-corrected chi connectivity index (χ4v) is 4.38. The van der Waals surface area contributed by atoms with Gasteiger partial charge in [-0.25, -0.2) is 0 Å². The molecular formula is C24H18N2. The number of hydrogen-bond donors (Lipinski definition) is 2. The summed E-state index contributed by atoms with van der Waals surface area (Å²) in [5.41, 5.74) is 8.94. The molecular weight excluding hydrogens is 316 g/mol. The van der Waals surface area contributed by atoms with Gasteiger partial charge in [0.15, 0.2) is 0 Å². The average Bonchev–Trinajstić information content (AvgIpc) is 3.25. The lowest BCUT2D eigenvalue weighted by molar-refractivity contribution is 0.836. The SMILES string of the molecule is C1=CCC2C(=C1)Nc1ccc(-c3ccc4[nH]c5ccccc5c4c3)cc12. The van der Waals surface area contributed by atoms with Crippen LogP contribution in [-0.2, 0) is 0 Å². The van der Waals surface area contributed by atoms with Crippen molar-refractivity contribution >= 4 is 27.5 Å². The highest BCUT2D eigenvalue weighted by Crippen LogP contribution is 2.44. The number of aromatic nitrogens is 1. The number of hydrogen-bond acceptors (Lipinski definition) is 1. The van der Waals surface area contributed by atoms with Gasteiger partial charge in [-0.1, -0.05) is 42.5 Å². The topological polar surface area (TPSA) is 27.8 Å². The summed E-state index contributed by atoms with van der Waals surface area (Å²) in [4.78, 5) is 3.51. The van der Waals surface area contributed by atoms with Gasteiger partial charge in [-0.2, -0.15) is 0 Å². The Morgan fingerprint density at radius 1 is 0.808 bits per heavy atom. The summed E-state index contributed by atoms with van der Waals surface area (Å²) in [6.07, 6.45) is 7.69. The Labute approximate surface area is 151 Å². The lowest BCUT2D eigenvalue weighted by Crippen LogP contribution is -2.01. The number of aromatic amines is 1. The van der Waals surface area contributed by atoms with Crippen molar-refractivity contribution in [2.75, 3.05) is 5.32 Å². The maximum Gasteiger partial charge on any atom is 0.0465 e. The van der Waals surface area contributed by atoms with Crippen LogP contribution in [0.3, 0.4) is 0 Å². The van der Waals surface area contributed by atoms with E-state index in [1.54, 1.807) is 0 Å². The summed E-state index contributed by atoms with van der Waals surface area (Å²) in [6.45, 7) is 0. The van der Waals surface area contributed by atoms with Crippen molar-refractivity contribution in [3.63, 3.8) is 0 Å². The van der Waals surface area contributed by atoms with Gasteiger partial charge in [0, 0.05) is 39.1 Å². The van der Waals surface area contributed by atoms with Crippen molar-refractivity contribution in [3.8, 4) is 11.1 Å². The standard InChI is InChI=1S/C24H18N2/c1-3-7-21-17(5-1)19-13-15(9-11-23(19)25-21)16-10-12-24-20(14-16)18-6-2-4-8-22(18)26-24/h1-5,7-14,18,25-26H,6H2. The maximum absolute atomic E-state index is 3.57. The molecule has 0 saturated heterocycles. The Hall–Kier alpha value is -3.26. The molecule has 0 fully saturated rings. The normalized spacial score (nSPS) is 17.8. The molecule has 0 bridgehead atoms. The van der Waals surface area contributed by atoms with E-state index in [1.807, 2.05) is 0 Å². The molecule has 1 aliphatic heterocycles. The van der Waals surface area contributed by atoms with Gasteiger partial charge in [-0.3, -0.25) is 0 Å². The highest BCUT2D eigenvalue weighted by atomic mass is 14.9. The molecule has 6 rings (SSSR count). The van der Waals surface area contributed by atoms with E-state index < -0.39 is 0 Å². The van der Waals surface area contributed by atoms with Crippen LogP contribution in [0.1, 0.15) is 17.9 Å². The van der Waals surface area contributed by atoms with E-state index in [-0.39, 0.29) is 0 Å². The fraction of sp³-hybridized carbons (Fsp3) is 0.0833. The molecule has 2 aliphatic rings. The predicted molar refractivity (Wildman–Crippen MR) is 109 cm³/mol. The second-order valence-corrected chi connectivity index (χ2v) is 7.20. The number of nitrogens with one attached hydrogen (secondary N) is 2. The van der Waals surface area contributed by atoms with Gasteiger partial charge >= 0.3 is 0 Å². The van der Waals surface area contributed by atoms with Gasteiger partial charge in [0.1, 0.15) is 0 Å². The molecule has 3 aromatic carbocycles. The van der Waals surface area contributed by atoms with E-state index in [2.05, 4.69) is 89.2 Å². The van der Waals surface area contributed by atoms with E-state index in [4.69, 9.17) is 0 Å². The molecule has 2 heterocycles. The number of anilines is 1. The van der Waals surface area contributed by atoms with Crippen LogP contribution in [0.2, 0.25) is 0 Å². The Bertz CT molecular complexity index is 1240. The molecule has 4 aromatic rings. The molecule has 1 atom stereocenters. The molecule has 26 heavy (non-hydrogen) atoms. The fourth-order valence-electron chi connectivity index (χ4n) is 4.38. The second-order valence-electron chi connectivity index (χ2n) is 7.20. The number of fused-ring (bicyclic) bond motifs is 6. The molecule has 0 spiro atoms. The molecule has 0 amide bonds. The molecule has 1 aliphatic carbocycles. The summed E-state index contributed by atoms with van der Waals surface area (Å²) in [5, 5.41) is 6.15. The van der Waals surface area contributed by atoms with Gasteiger partial charge < -0.3 is 10.3 Å². The number of para-hydroxylation sites is 1. The van der Waals surface area contributed by atoms with E-state index in [0.29, 0.717) is 5.92 Å². The number of H-pyrrole nitrogens is 1. The first-order chi connectivity index (χ1) is 12.9. The molecule has 124 valence electrons. The minimum Gasteiger partial charge on any atom is -0.358 e. The second kappa shape index (κ2) is 5.12. The van der Waals surface area contributed by atoms with Crippen LogP contribution in [-0.4, -0.2) is 4.98 Å². The summed E-state index contributed by atoms with van der Waals surface area (Å²) >= 11 is 0. The Morgan fingerprint density at radius 2 is 1.65 bits per heavy atom. The van der Waals surface area contributed by atoms with Gasteiger partial charge in [-0.05, 0) is 59.5 Å². The van der Waals surface area contributed by atoms with Crippen LogP contribution >= 0.6 is 0 Å². The van der Waals surface area contributed by atoms with Crippen LogP contribution in [0, 0.1) is 0 Å². The molecule has 0 saturated carbocycles. The van der Waals surface area contributed by atoms with Gasteiger partial charge in [0.25, 0.3) is 0 Å². The van der Waals surface area contributed by atoms with E-state index in [9.17, 15) is 0 Å². The quantitative estimate of drug-likeness (QED) is 0.417. The zero-order chi connectivity index (χ0) is 17.1. The molecule has 2 nitrogen and oxygen atoms in total. The average molecular weight is 334 g/mol. The van der Waals surface area contributed by atoms with Crippen LogP contribution in [0.5, 0.6) is 0 Å². The molecule has 0 radical (unpaired) electrons. The largest absolute Gasteiger partial charge is 0.358 e.